The van der Waals surface area contributed by atoms with Crippen LogP contribution in [0.3, 0.4) is 0 Å². The molecule has 156 valence electrons. The highest BCUT2D eigenvalue weighted by molar-refractivity contribution is 14.0. The molecule has 0 saturated heterocycles. The molecule has 2 N–H and O–H groups in total. The first-order valence-corrected chi connectivity index (χ1v) is 9.34. The zero-order valence-electron chi connectivity index (χ0n) is 15.5. The molecule has 28 heavy (non-hydrogen) atoms. The van der Waals surface area contributed by atoms with Crippen molar-refractivity contribution in [1.82, 2.24) is 20.5 Å². The largest absolute Gasteiger partial charge is 0.434 e. The zero-order valence-corrected chi connectivity index (χ0v) is 19.5. The Morgan fingerprint density at radius 1 is 1.25 bits per heavy atom. The van der Waals surface area contributed by atoms with Crippen LogP contribution in [0.2, 0.25) is 5.02 Å². The number of halogens is 5. The molecule has 5 nitrogen and oxygen atoms in total. The second-order valence-electron chi connectivity index (χ2n) is 5.96. The number of rotatable bonds is 6. The summed E-state index contributed by atoms with van der Waals surface area (Å²) in [5.74, 6) is 0.486. The quantitative estimate of drug-likeness (QED) is 0.320. The summed E-state index contributed by atoms with van der Waals surface area (Å²) in [5.41, 5.74) is 0.213. The van der Waals surface area contributed by atoms with Gasteiger partial charge in [0.25, 0.3) is 0 Å². The van der Waals surface area contributed by atoms with Crippen LogP contribution in [0.1, 0.15) is 22.3 Å². The lowest BCUT2D eigenvalue weighted by atomic mass is 10.1. The van der Waals surface area contributed by atoms with Crippen LogP contribution in [-0.2, 0) is 12.7 Å². The van der Waals surface area contributed by atoms with Gasteiger partial charge < -0.3 is 15.5 Å². The molecular formula is C17H22ClF3IN5S. The van der Waals surface area contributed by atoms with Crippen molar-refractivity contribution in [2.45, 2.75) is 18.8 Å². The molecule has 1 heterocycles. The van der Waals surface area contributed by atoms with Gasteiger partial charge >= 0.3 is 6.18 Å². The van der Waals surface area contributed by atoms with Crippen LogP contribution in [0.5, 0.6) is 0 Å². The van der Waals surface area contributed by atoms with Crippen LogP contribution in [-0.4, -0.2) is 43.5 Å². The maximum Gasteiger partial charge on any atom is 0.434 e. The molecule has 1 aromatic carbocycles. The van der Waals surface area contributed by atoms with Crippen LogP contribution in [0.4, 0.5) is 13.2 Å². The first-order chi connectivity index (χ1) is 12.7. The average Bonchev–Trinajstić information content (AvgIpc) is 3.08. The fourth-order valence-electron chi connectivity index (χ4n) is 2.38. The molecular weight excluding hydrogens is 526 g/mol. The molecule has 0 saturated carbocycles. The number of likely N-dealkylation sites (N-methyl/N-ethyl adjacent to an activating group) is 1. The minimum atomic E-state index is -4.42. The number of alkyl halides is 3. The van der Waals surface area contributed by atoms with E-state index >= 15 is 0 Å². The number of benzene rings is 1. The van der Waals surface area contributed by atoms with Gasteiger partial charge in [0.2, 0.25) is 0 Å². The Morgan fingerprint density at radius 2 is 1.89 bits per heavy atom. The van der Waals surface area contributed by atoms with Crippen molar-refractivity contribution >= 4 is 52.9 Å². The Bertz CT molecular complexity index is 765. The Kier molecular flexibility index (Phi) is 9.95. The van der Waals surface area contributed by atoms with E-state index in [1.54, 1.807) is 7.05 Å². The third-order valence-corrected chi connectivity index (χ3v) is 4.91. The molecule has 0 aliphatic carbocycles. The van der Waals surface area contributed by atoms with Crippen molar-refractivity contribution in [3.05, 3.63) is 50.9 Å². The van der Waals surface area contributed by atoms with Crippen LogP contribution in [0.15, 0.2) is 34.6 Å². The SMILES string of the molecule is CN=C(NCc1nc(C(F)(F)F)cs1)NCC(c1ccc(Cl)cc1)N(C)C.I. The Hall–Kier alpha value is -1.11. The smallest absolute Gasteiger partial charge is 0.354 e. The van der Waals surface area contributed by atoms with E-state index in [4.69, 9.17) is 11.6 Å². The summed E-state index contributed by atoms with van der Waals surface area (Å²) in [6.07, 6.45) is -4.42. The minimum Gasteiger partial charge on any atom is -0.354 e. The molecule has 0 radical (unpaired) electrons. The number of guanidine groups is 1. The van der Waals surface area contributed by atoms with Gasteiger partial charge in [-0.15, -0.1) is 35.3 Å². The molecule has 11 heteroatoms. The predicted octanol–water partition coefficient (Wildman–Crippen LogP) is 4.40. The highest BCUT2D eigenvalue weighted by Crippen LogP contribution is 2.29. The van der Waals surface area contributed by atoms with Crippen molar-refractivity contribution in [1.29, 1.82) is 0 Å². The normalized spacial score (nSPS) is 13.2. The fraction of sp³-hybridized carbons (Fsp3) is 0.412. The number of nitrogens with one attached hydrogen (secondary N) is 2. The van der Waals surface area contributed by atoms with E-state index in [-0.39, 0.29) is 36.6 Å². The number of aliphatic imine (C=N–C) groups is 1. The van der Waals surface area contributed by atoms with Crippen LogP contribution >= 0.6 is 46.9 Å². The fourth-order valence-corrected chi connectivity index (χ4v) is 3.25. The Morgan fingerprint density at radius 3 is 2.39 bits per heavy atom. The van der Waals surface area contributed by atoms with Gasteiger partial charge in [0, 0.05) is 24.0 Å². The van der Waals surface area contributed by atoms with Crippen LogP contribution < -0.4 is 10.6 Å². The summed E-state index contributed by atoms with van der Waals surface area (Å²) in [7, 11) is 5.53. The molecule has 1 atom stereocenters. The zero-order chi connectivity index (χ0) is 20.0. The summed E-state index contributed by atoms with van der Waals surface area (Å²) in [4.78, 5) is 9.76. The van der Waals surface area contributed by atoms with E-state index < -0.39 is 11.9 Å². The predicted molar refractivity (Wildman–Crippen MR) is 119 cm³/mol. The number of aromatic nitrogens is 1. The summed E-state index contributed by atoms with van der Waals surface area (Å²) < 4.78 is 37.8. The third kappa shape index (κ3) is 7.37. The standard InChI is InChI=1S/C17H21ClF3N5S.HI/c1-22-16(24-9-15-25-14(10-27-15)17(19,20)21)23-8-13(26(2)3)11-4-6-12(18)7-5-11;/h4-7,10,13H,8-9H2,1-3H3,(H2,22,23,24);1H. The topological polar surface area (TPSA) is 52.6 Å². The maximum absolute atomic E-state index is 12.6. The Balaban J connectivity index is 0.00000392. The van der Waals surface area contributed by atoms with E-state index in [0.29, 0.717) is 22.5 Å². The van der Waals surface area contributed by atoms with Gasteiger partial charge in [-0.1, -0.05) is 23.7 Å². The average molecular weight is 548 g/mol. The van der Waals surface area contributed by atoms with Gasteiger partial charge in [0.05, 0.1) is 12.6 Å². The lowest BCUT2D eigenvalue weighted by molar-refractivity contribution is -0.140. The third-order valence-electron chi connectivity index (χ3n) is 3.81. The summed E-state index contributed by atoms with van der Waals surface area (Å²) in [5, 5.41) is 8.19. The van der Waals surface area contributed by atoms with Crippen molar-refractivity contribution in [2.75, 3.05) is 27.7 Å². The first kappa shape index (κ1) is 24.9. The van der Waals surface area contributed by atoms with Crippen LogP contribution in [0, 0.1) is 0 Å². The van der Waals surface area contributed by atoms with Crippen molar-refractivity contribution < 1.29 is 13.2 Å². The van der Waals surface area contributed by atoms with E-state index in [0.717, 1.165) is 22.3 Å². The number of hydrogen-bond acceptors (Lipinski definition) is 4. The van der Waals surface area contributed by atoms with Crippen LogP contribution in [0.25, 0.3) is 0 Å². The van der Waals surface area contributed by atoms with E-state index in [9.17, 15) is 13.2 Å². The van der Waals surface area contributed by atoms with E-state index in [2.05, 4.69) is 25.5 Å². The van der Waals surface area contributed by atoms with Gasteiger partial charge in [-0.3, -0.25) is 4.99 Å². The lowest BCUT2D eigenvalue weighted by Gasteiger charge is -2.26. The number of thiazole rings is 1. The molecule has 0 aliphatic heterocycles. The Labute approximate surface area is 188 Å². The first-order valence-electron chi connectivity index (χ1n) is 8.08. The second-order valence-corrected chi connectivity index (χ2v) is 7.34. The minimum absolute atomic E-state index is 0. The van der Waals surface area contributed by atoms with E-state index in [1.807, 2.05) is 38.4 Å². The highest BCUT2D eigenvalue weighted by atomic mass is 127. The molecule has 1 unspecified atom stereocenters. The summed E-state index contributed by atoms with van der Waals surface area (Å²) >= 11 is 6.90. The molecule has 2 aromatic rings. The van der Waals surface area contributed by atoms with Crippen molar-refractivity contribution in [3.63, 3.8) is 0 Å². The maximum atomic E-state index is 12.6. The van der Waals surface area contributed by atoms with Crippen molar-refractivity contribution in [3.8, 4) is 0 Å². The van der Waals surface area contributed by atoms with Gasteiger partial charge in [-0.25, -0.2) is 4.98 Å². The van der Waals surface area contributed by atoms with Gasteiger partial charge in [0.1, 0.15) is 5.01 Å². The molecule has 0 spiro atoms. The summed E-state index contributed by atoms with van der Waals surface area (Å²) in [6, 6.07) is 7.65. The van der Waals surface area contributed by atoms with Gasteiger partial charge in [-0.2, -0.15) is 13.2 Å². The van der Waals surface area contributed by atoms with Gasteiger partial charge in [0.15, 0.2) is 11.7 Å². The second kappa shape index (κ2) is 11.2. The number of hydrogen-bond donors (Lipinski definition) is 2. The lowest BCUT2D eigenvalue weighted by Crippen LogP contribution is -2.41. The molecule has 0 amide bonds. The van der Waals surface area contributed by atoms with Crippen molar-refractivity contribution in [2.24, 2.45) is 4.99 Å². The molecule has 0 aliphatic rings. The molecule has 0 fully saturated rings. The number of nitrogens with zero attached hydrogens (tertiary/aromatic N) is 3. The van der Waals surface area contributed by atoms with Gasteiger partial charge in [-0.05, 0) is 31.8 Å². The molecule has 1 aromatic heterocycles. The monoisotopic (exact) mass is 547 g/mol. The highest BCUT2D eigenvalue weighted by Gasteiger charge is 2.33. The van der Waals surface area contributed by atoms with E-state index in [1.165, 1.54) is 0 Å². The molecule has 2 rings (SSSR count). The summed E-state index contributed by atoms with van der Waals surface area (Å²) in [6.45, 7) is 0.716. The molecule has 0 bridgehead atoms.